The van der Waals surface area contributed by atoms with Crippen molar-refractivity contribution in [3.8, 4) is 5.75 Å². The van der Waals surface area contributed by atoms with Crippen LogP contribution in [0.2, 0.25) is 0 Å². The van der Waals surface area contributed by atoms with Crippen molar-refractivity contribution in [2.75, 3.05) is 6.61 Å². The average molecular weight is 221 g/mol. The summed E-state index contributed by atoms with van der Waals surface area (Å²) in [5.74, 6) is 0.920. The van der Waals surface area contributed by atoms with E-state index in [9.17, 15) is 0 Å². The van der Waals surface area contributed by atoms with E-state index in [0.717, 1.165) is 16.5 Å². The van der Waals surface area contributed by atoms with Crippen LogP contribution in [0.4, 0.5) is 0 Å². The molecule has 83 valence electrons. The number of fused-ring (bicyclic) bond motifs is 2. The third kappa shape index (κ3) is 1.84. The van der Waals surface area contributed by atoms with Gasteiger partial charge in [0, 0.05) is 0 Å². The van der Waals surface area contributed by atoms with Crippen LogP contribution in [0.1, 0.15) is 6.92 Å². The van der Waals surface area contributed by atoms with Gasteiger partial charge in [0.05, 0.1) is 6.61 Å². The lowest BCUT2D eigenvalue weighted by molar-refractivity contribution is 0.341. The summed E-state index contributed by atoms with van der Waals surface area (Å²) in [5.41, 5.74) is 0. The molecule has 0 aliphatic carbocycles. The topological polar surface area (TPSA) is 9.23 Å². The number of ether oxygens (including phenoxy) is 1. The molecule has 1 radical (unpaired) electrons. The Hall–Kier alpha value is -2.02. The van der Waals surface area contributed by atoms with E-state index in [1.807, 2.05) is 19.1 Å². The van der Waals surface area contributed by atoms with Crippen LogP contribution in [0, 0.1) is 6.07 Å². The minimum Gasteiger partial charge on any atom is -0.494 e. The Kier molecular flexibility index (Phi) is 2.45. The minimum absolute atomic E-state index is 0.697. The SMILES string of the molecule is CCOc1ccc2[c]c3ccccc3cc2c1. The Morgan fingerprint density at radius 1 is 0.941 bits per heavy atom. The lowest BCUT2D eigenvalue weighted by atomic mass is 10.0. The number of benzene rings is 3. The molecule has 17 heavy (non-hydrogen) atoms. The lowest BCUT2D eigenvalue weighted by Crippen LogP contribution is -1.90. The fourth-order valence-electron chi connectivity index (χ4n) is 2.08. The van der Waals surface area contributed by atoms with E-state index in [2.05, 4.69) is 42.5 Å². The van der Waals surface area contributed by atoms with Crippen molar-refractivity contribution in [3.05, 3.63) is 54.6 Å². The maximum atomic E-state index is 5.51. The molecule has 0 heterocycles. The molecule has 0 spiro atoms. The second-order valence-corrected chi connectivity index (χ2v) is 4.04. The Morgan fingerprint density at radius 2 is 1.76 bits per heavy atom. The Balaban J connectivity index is 2.25. The molecule has 0 atom stereocenters. The first-order valence-electron chi connectivity index (χ1n) is 5.84. The predicted octanol–water partition coefficient (Wildman–Crippen LogP) is 4.19. The first-order valence-corrected chi connectivity index (χ1v) is 5.84. The zero-order valence-corrected chi connectivity index (χ0v) is 9.73. The maximum Gasteiger partial charge on any atom is 0.119 e. The first-order chi connectivity index (χ1) is 8.36. The molecule has 0 fully saturated rings. The van der Waals surface area contributed by atoms with Gasteiger partial charge >= 0.3 is 0 Å². The fraction of sp³-hybridized carbons (Fsp3) is 0.125. The highest BCUT2D eigenvalue weighted by Crippen LogP contribution is 2.25. The van der Waals surface area contributed by atoms with E-state index in [-0.39, 0.29) is 0 Å². The normalized spacial score (nSPS) is 10.9. The van der Waals surface area contributed by atoms with Crippen LogP contribution in [0.25, 0.3) is 21.5 Å². The van der Waals surface area contributed by atoms with Gasteiger partial charge in [-0.15, -0.1) is 0 Å². The summed E-state index contributed by atoms with van der Waals surface area (Å²) in [6, 6.07) is 20.0. The predicted molar refractivity (Wildman–Crippen MR) is 71.5 cm³/mol. The van der Waals surface area contributed by atoms with Gasteiger partial charge in [-0.05, 0) is 52.7 Å². The van der Waals surface area contributed by atoms with Crippen LogP contribution in [-0.2, 0) is 0 Å². The summed E-state index contributed by atoms with van der Waals surface area (Å²) in [5, 5.41) is 4.68. The van der Waals surface area contributed by atoms with Crippen LogP contribution < -0.4 is 4.74 Å². The van der Waals surface area contributed by atoms with E-state index in [1.54, 1.807) is 0 Å². The average Bonchev–Trinajstić information content (AvgIpc) is 2.36. The summed E-state index contributed by atoms with van der Waals surface area (Å²) in [6.45, 7) is 2.69. The number of hydrogen-bond acceptors (Lipinski definition) is 1. The molecule has 0 unspecified atom stereocenters. The molecule has 0 amide bonds. The Labute approximate surface area is 101 Å². The van der Waals surface area contributed by atoms with Gasteiger partial charge in [-0.2, -0.15) is 0 Å². The molecule has 0 aromatic heterocycles. The molecule has 3 aromatic rings. The summed E-state index contributed by atoms with van der Waals surface area (Å²) in [7, 11) is 0. The van der Waals surface area contributed by atoms with Crippen LogP contribution in [0.5, 0.6) is 5.75 Å². The minimum atomic E-state index is 0.697. The van der Waals surface area contributed by atoms with Crippen molar-refractivity contribution in [2.24, 2.45) is 0 Å². The molecule has 3 rings (SSSR count). The van der Waals surface area contributed by atoms with Gasteiger partial charge in [0.15, 0.2) is 0 Å². The molecular formula is C16H13O. The molecule has 0 saturated heterocycles. The van der Waals surface area contributed by atoms with E-state index in [0.29, 0.717) is 6.61 Å². The highest BCUT2D eigenvalue weighted by molar-refractivity contribution is 5.97. The summed E-state index contributed by atoms with van der Waals surface area (Å²) in [6.07, 6.45) is 0. The molecule has 3 aromatic carbocycles. The highest BCUT2D eigenvalue weighted by atomic mass is 16.5. The van der Waals surface area contributed by atoms with Gasteiger partial charge in [-0.25, -0.2) is 0 Å². The molecule has 0 aliphatic heterocycles. The van der Waals surface area contributed by atoms with Crippen molar-refractivity contribution >= 4 is 21.5 Å². The highest BCUT2D eigenvalue weighted by Gasteiger charge is 2.00. The van der Waals surface area contributed by atoms with E-state index >= 15 is 0 Å². The second kappa shape index (κ2) is 4.10. The standard InChI is InChI=1S/C16H13O/c1-2-17-16-8-7-14-9-12-5-3-4-6-13(12)10-15(14)11-16/h3-8,10-11H,2H2,1H3. The van der Waals surface area contributed by atoms with Gasteiger partial charge in [0.25, 0.3) is 0 Å². The molecule has 1 heteroatoms. The van der Waals surface area contributed by atoms with Gasteiger partial charge in [0.1, 0.15) is 5.75 Å². The third-order valence-electron chi connectivity index (χ3n) is 2.88. The van der Waals surface area contributed by atoms with Gasteiger partial charge < -0.3 is 4.74 Å². The Bertz CT molecular complexity index is 670. The van der Waals surface area contributed by atoms with Crippen molar-refractivity contribution in [3.63, 3.8) is 0 Å². The largest absolute Gasteiger partial charge is 0.494 e. The van der Waals surface area contributed by atoms with Gasteiger partial charge in [0.2, 0.25) is 0 Å². The van der Waals surface area contributed by atoms with Crippen molar-refractivity contribution < 1.29 is 4.74 Å². The molecule has 1 nitrogen and oxygen atoms in total. The lowest BCUT2D eigenvalue weighted by Gasteiger charge is -2.05. The van der Waals surface area contributed by atoms with Crippen molar-refractivity contribution in [2.45, 2.75) is 6.92 Å². The van der Waals surface area contributed by atoms with Crippen LogP contribution in [-0.4, -0.2) is 6.61 Å². The molecule has 0 saturated carbocycles. The quantitative estimate of drug-likeness (QED) is 0.589. The maximum absolute atomic E-state index is 5.51. The number of rotatable bonds is 2. The zero-order valence-electron chi connectivity index (χ0n) is 9.73. The summed E-state index contributed by atoms with van der Waals surface area (Å²) >= 11 is 0. The van der Waals surface area contributed by atoms with Gasteiger partial charge in [-0.3, -0.25) is 0 Å². The molecule has 0 aliphatic rings. The van der Waals surface area contributed by atoms with Crippen LogP contribution >= 0.6 is 0 Å². The smallest absolute Gasteiger partial charge is 0.119 e. The molecular weight excluding hydrogens is 208 g/mol. The summed E-state index contributed by atoms with van der Waals surface area (Å²) < 4.78 is 5.51. The summed E-state index contributed by atoms with van der Waals surface area (Å²) in [4.78, 5) is 0. The van der Waals surface area contributed by atoms with Crippen molar-refractivity contribution in [1.82, 2.24) is 0 Å². The van der Waals surface area contributed by atoms with Crippen LogP contribution in [0.15, 0.2) is 48.5 Å². The van der Waals surface area contributed by atoms with Gasteiger partial charge in [-0.1, -0.05) is 30.3 Å². The third-order valence-corrected chi connectivity index (χ3v) is 2.88. The van der Waals surface area contributed by atoms with E-state index < -0.39 is 0 Å². The Morgan fingerprint density at radius 3 is 2.65 bits per heavy atom. The second-order valence-electron chi connectivity index (χ2n) is 4.04. The fourth-order valence-corrected chi connectivity index (χ4v) is 2.08. The molecule has 0 bridgehead atoms. The molecule has 0 N–H and O–H groups in total. The van der Waals surface area contributed by atoms with E-state index in [4.69, 9.17) is 4.74 Å². The first kappa shape index (κ1) is 10.2. The van der Waals surface area contributed by atoms with Crippen LogP contribution in [0.3, 0.4) is 0 Å². The monoisotopic (exact) mass is 221 g/mol. The van der Waals surface area contributed by atoms with Crippen molar-refractivity contribution in [1.29, 1.82) is 0 Å². The zero-order chi connectivity index (χ0) is 11.7. The number of hydrogen-bond donors (Lipinski definition) is 0. The van der Waals surface area contributed by atoms with E-state index in [1.165, 1.54) is 10.8 Å².